The molecule has 250 valence electrons. The van der Waals surface area contributed by atoms with Gasteiger partial charge >= 0.3 is 6.09 Å². The van der Waals surface area contributed by atoms with Crippen LogP contribution >= 0.6 is 11.6 Å². The third kappa shape index (κ3) is 6.60. The highest BCUT2D eigenvalue weighted by molar-refractivity contribution is 6.31. The first-order chi connectivity index (χ1) is 22.6. The van der Waals surface area contributed by atoms with Crippen molar-refractivity contribution in [2.75, 3.05) is 50.9 Å². The first-order valence-electron chi connectivity index (χ1n) is 16.2. The van der Waals surface area contributed by atoms with E-state index < -0.39 is 23.6 Å². The molecular formula is C33H39ClFN7O5. The van der Waals surface area contributed by atoms with Gasteiger partial charge in [-0.1, -0.05) is 11.6 Å². The lowest BCUT2D eigenvalue weighted by Gasteiger charge is -2.37. The van der Waals surface area contributed by atoms with E-state index >= 15 is 4.39 Å². The number of rotatable bonds is 6. The summed E-state index contributed by atoms with van der Waals surface area (Å²) in [6.45, 7) is 9.17. The van der Waals surface area contributed by atoms with Crippen LogP contribution in [0.1, 0.15) is 74.0 Å². The maximum absolute atomic E-state index is 15.9. The van der Waals surface area contributed by atoms with E-state index in [2.05, 4.69) is 14.9 Å². The maximum atomic E-state index is 15.9. The number of halogens is 2. The molecule has 1 saturated carbocycles. The summed E-state index contributed by atoms with van der Waals surface area (Å²) in [6, 6.07) is 4.25. The average molecular weight is 668 g/mol. The molecule has 14 heteroatoms. The van der Waals surface area contributed by atoms with Gasteiger partial charge in [0.1, 0.15) is 34.8 Å². The Kier molecular flexibility index (Phi) is 8.46. The van der Waals surface area contributed by atoms with Crippen molar-refractivity contribution in [3.63, 3.8) is 0 Å². The summed E-state index contributed by atoms with van der Waals surface area (Å²) in [4.78, 5) is 46.1. The van der Waals surface area contributed by atoms with Crippen molar-refractivity contribution in [1.29, 1.82) is 0 Å². The third-order valence-corrected chi connectivity index (χ3v) is 9.18. The number of anilines is 1. The first-order valence-corrected chi connectivity index (χ1v) is 16.6. The number of carbonyl (C=O) groups excluding carboxylic acids is 2. The monoisotopic (exact) mass is 667 g/mol. The zero-order valence-corrected chi connectivity index (χ0v) is 27.6. The summed E-state index contributed by atoms with van der Waals surface area (Å²) < 4.78 is 34.9. The summed E-state index contributed by atoms with van der Waals surface area (Å²) in [7, 11) is 0. The molecule has 0 radical (unpaired) electrons. The molecule has 0 bridgehead atoms. The smallest absolute Gasteiger partial charge is 0.410 e. The van der Waals surface area contributed by atoms with Gasteiger partial charge in [-0.2, -0.15) is 0 Å². The van der Waals surface area contributed by atoms with Gasteiger partial charge in [-0.05, 0) is 63.3 Å². The Morgan fingerprint density at radius 1 is 1.09 bits per heavy atom. The van der Waals surface area contributed by atoms with E-state index in [1.54, 1.807) is 28.1 Å². The summed E-state index contributed by atoms with van der Waals surface area (Å²) in [5, 5.41) is 0.155. The Hall–Kier alpha value is -3.97. The predicted molar refractivity (Wildman–Crippen MR) is 170 cm³/mol. The van der Waals surface area contributed by atoms with E-state index in [1.165, 1.54) is 0 Å². The van der Waals surface area contributed by atoms with Crippen molar-refractivity contribution in [2.45, 2.75) is 70.7 Å². The Bertz CT molecular complexity index is 1680. The van der Waals surface area contributed by atoms with E-state index in [0.29, 0.717) is 75.6 Å². The molecule has 2 fully saturated rings. The Balaban J connectivity index is 1.15. The zero-order chi connectivity index (χ0) is 32.9. The van der Waals surface area contributed by atoms with Crippen molar-refractivity contribution in [3.05, 3.63) is 63.8 Å². The molecule has 0 spiro atoms. The summed E-state index contributed by atoms with van der Waals surface area (Å²) in [6.07, 6.45) is 3.81. The molecule has 1 saturated heterocycles. The lowest BCUT2D eigenvalue weighted by molar-refractivity contribution is -0.135. The lowest BCUT2D eigenvalue weighted by atomic mass is 9.97. The van der Waals surface area contributed by atoms with Crippen LogP contribution in [0.15, 0.2) is 24.4 Å². The van der Waals surface area contributed by atoms with Gasteiger partial charge in [0.15, 0.2) is 17.5 Å². The second-order valence-corrected chi connectivity index (χ2v) is 13.8. The minimum Gasteiger partial charge on any atom is -0.481 e. The van der Waals surface area contributed by atoms with Crippen molar-refractivity contribution < 1.29 is 28.2 Å². The standard InChI is InChI=1S/C33H39ClFN7O5/c1-33(2,3)47-32(44)40-10-11-41-26(18-40)37-23-8-9-42(30(29(23)41)28-22(35)16-21(17-36-28)20-4-5-20)27(43)19-46-24-6-7-25(38-31(24)34)39-12-14-45-15-13-39/h6-7,16-17,20,30H,4-5,8-15,18-19H2,1-3H3. The fraction of sp³-hybridized carbons (Fsp3) is 0.545. The molecule has 3 aromatic heterocycles. The van der Waals surface area contributed by atoms with Gasteiger partial charge < -0.3 is 28.6 Å². The van der Waals surface area contributed by atoms with Crippen LogP contribution in [0.3, 0.4) is 0 Å². The normalized spacial score (nSPS) is 19.7. The molecule has 6 heterocycles. The summed E-state index contributed by atoms with van der Waals surface area (Å²) >= 11 is 6.48. The molecule has 1 aliphatic carbocycles. The molecule has 0 aromatic carbocycles. The topological polar surface area (TPSA) is 115 Å². The summed E-state index contributed by atoms with van der Waals surface area (Å²) in [5.74, 6) is 1.19. The van der Waals surface area contributed by atoms with Gasteiger partial charge in [0.2, 0.25) is 0 Å². The van der Waals surface area contributed by atoms with Crippen LogP contribution in [0, 0.1) is 5.82 Å². The van der Waals surface area contributed by atoms with Crippen LogP contribution in [0.5, 0.6) is 5.75 Å². The number of aromatic nitrogens is 4. The van der Waals surface area contributed by atoms with Crippen molar-refractivity contribution in [1.82, 2.24) is 29.3 Å². The predicted octanol–water partition coefficient (Wildman–Crippen LogP) is 4.48. The molecular weight excluding hydrogens is 629 g/mol. The van der Waals surface area contributed by atoms with E-state index in [1.807, 2.05) is 31.4 Å². The van der Waals surface area contributed by atoms with Crippen LogP contribution < -0.4 is 9.64 Å². The number of carbonyl (C=O) groups is 2. The van der Waals surface area contributed by atoms with Crippen LogP contribution in [-0.2, 0) is 33.8 Å². The van der Waals surface area contributed by atoms with E-state index in [4.69, 9.17) is 30.8 Å². The summed E-state index contributed by atoms with van der Waals surface area (Å²) in [5.41, 5.74) is 1.88. The second kappa shape index (κ2) is 12.6. The third-order valence-electron chi connectivity index (χ3n) is 8.90. The van der Waals surface area contributed by atoms with E-state index in [9.17, 15) is 9.59 Å². The molecule has 1 unspecified atom stereocenters. The number of amides is 2. The lowest BCUT2D eigenvalue weighted by Crippen LogP contribution is -2.45. The molecule has 3 aromatic rings. The largest absolute Gasteiger partial charge is 0.481 e. The number of nitrogens with zero attached hydrogens (tertiary/aromatic N) is 7. The van der Waals surface area contributed by atoms with Crippen molar-refractivity contribution >= 4 is 29.4 Å². The number of hydrogen-bond donors (Lipinski definition) is 0. The first kappa shape index (κ1) is 31.6. The number of ether oxygens (including phenoxy) is 3. The minimum absolute atomic E-state index is 0.155. The van der Waals surface area contributed by atoms with Crippen molar-refractivity contribution in [3.8, 4) is 5.75 Å². The molecule has 47 heavy (non-hydrogen) atoms. The quantitative estimate of drug-likeness (QED) is 0.351. The number of morpholine rings is 1. The fourth-order valence-electron chi connectivity index (χ4n) is 6.44. The average Bonchev–Trinajstić information content (AvgIpc) is 3.83. The SMILES string of the molecule is CC(C)(C)OC(=O)N1CCn2c(nc3c2C(c2ncc(C4CC4)cc2F)N(C(=O)COc2ccc(N4CCOCC4)nc2Cl)CC3)C1. The molecule has 12 nitrogen and oxygen atoms in total. The zero-order valence-electron chi connectivity index (χ0n) is 26.9. The van der Waals surface area contributed by atoms with Gasteiger partial charge in [0.05, 0.1) is 31.1 Å². The van der Waals surface area contributed by atoms with Gasteiger partial charge in [-0.15, -0.1) is 0 Å². The second-order valence-electron chi connectivity index (χ2n) is 13.4. The maximum Gasteiger partial charge on any atom is 0.410 e. The molecule has 7 rings (SSSR count). The van der Waals surface area contributed by atoms with Crippen molar-refractivity contribution in [2.24, 2.45) is 0 Å². The minimum atomic E-state index is -0.824. The van der Waals surface area contributed by atoms with Crippen LogP contribution in [0.2, 0.25) is 5.15 Å². The Morgan fingerprint density at radius 2 is 1.87 bits per heavy atom. The molecule has 0 N–H and O–H groups in total. The van der Waals surface area contributed by atoms with Gasteiger partial charge in [-0.3, -0.25) is 14.7 Å². The van der Waals surface area contributed by atoms with E-state index in [0.717, 1.165) is 24.1 Å². The van der Waals surface area contributed by atoms with Crippen LogP contribution in [-0.4, -0.2) is 92.9 Å². The number of hydrogen-bond acceptors (Lipinski definition) is 9. The fourth-order valence-corrected chi connectivity index (χ4v) is 6.65. The van der Waals surface area contributed by atoms with Gasteiger partial charge in [0.25, 0.3) is 5.91 Å². The Morgan fingerprint density at radius 3 is 2.57 bits per heavy atom. The van der Waals surface area contributed by atoms with Crippen LogP contribution in [0.25, 0.3) is 0 Å². The highest BCUT2D eigenvalue weighted by Crippen LogP contribution is 2.42. The molecule has 3 aliphatic heterocycles. The molecule has 2 amide bonds. The highest BCUT2D eigenvalue weighted by atomic mass is 35.5. The molecule has 4 aliphatic rings. The molecule has 1 atom stereocenters. The number of fused-ring (bicyclic) bond motifs is 3. The van der Waals surface area contributed by atoms with Crippen LogP contribution in [0.4, 0.5) is 15.0 Å². The highest BCUT2D eigenvalue weighted by Gasteiger charge is 2.41. The van der Waals surface area contributed by atoms with Gasteiger partial charge in [-0.25, -0.2) is 19.2 Å². The van der Waals surface area contributed by atoms with E-state index in [-0.39, 0.29) is 35.7 Å². The number of pyridine rings is 2. The Labute approximate surface area is 277 Å². The van der Waals surface area contributed by atoms with Gasteiger partial charge in [0, 0.05) is 45.3 Å². The number of imidazole rings is 1.